The number of anilines is 1. The first-order chi connectivity index (χ1) is 9.77. The first kappa shape index (κ1) is 16.1. The summed E-state index contributed by atoms with van der Waals surface area (Å²) in [4.78, 5) is 17.6. The molecule has 1 atom stereocenters. The Morgan fingerprint density at radius 1 is 1.33 bits per heavy atom. The van der Waals surface area contributed by atoms with Crippen LogP contribution >= 0.6 is 11.6 Å². The third-order valence-electron chi connectivity index (χ3n) is 4.30. The fourth-order valence-electron chi connectivity index (χ4n) is 2.96. The van der Waals surface area contributed by atoms with Crippen molar-refractivity contribution >= 4 is 23.4 Å². The summed E-state index contributed by atoms with van der Waals surface area (Å²) in [6.45, 7) is 8.65. The first-order valence-electron chi connectivity index (χ1n) is 7.43. The van der Waals surface area contributed by atoms with Gasteiger partial charge in [-0.15, -0.1) is 0 Å². The number of aromatic nitrogens is 1. The van der Waals surface area contributed by atoms with E-state index in [0.717, 1.165) is 25.9 Å². The minimum Gasteiger partial charge on any atom is -0.478 e. The average molecular weight is 311 g/mol. The summed E-state index contributed by atoms with van der Waals surface area (Å²) < 4.78 is 0. The molecule has 0 saturated carbocycles. The van der Waals surface area contributed by atoms with Crippen molar-refractivity contribution < 1.29 is 9.90 Å². The Kier molecular flexibility index (Phi) is 4.77. The van der Waals surface area contributed by atoms with Crippen LogP contribution in [0.4, 0.5) is 5.82 Å². The van der Waals surface area contributed by atoms with E-state index in [2.05, 4.69) is 30.7 Å². The predicted octanol–water partition coefficient (Wildman–Crippen LogP) is 4.09. The standard InChI is InChI=1S/C16H23ClN2O2/c1-16(2,3)12-5-4-7-19(8-6-12)14-10-11(15(20)21)9-13(17)18-14/h9-10,12H,4-8H2,1-3H3,(H,20,21). The quantitative estimate of drug-likeness (QED) is 0.836. The molecule has 21 heavy (non-hydrogen) atoms. The summed E-state index contributed by atoms with van der Waals surface area (Å²) in [5.41, 5.74) is 0.505. The minimum atomic E-state index is -0.970. The maximum Gasteiger partial charge on any atom is 0.335 e. The zero-order valence-electron chi connectivity index (χ0n) is 12.9. The molecule has 1 fully saturated rings. The molecule has 0 amide bonds. The molecular formula is C16H23ClN2O2. The van der Waals surface area contributed by atoms with Gasteiger partial charge in [-0.1, -0.05) is 32.4 Å². The van der Waals surface area contributed by atoms with Crippen LogP contribution in [-0.4, -0.2) is 29.1 Å². The lowest BCUT2D eigenvalue weighted by molar-refractivity contribution is 0.0697. The monoisotopic (exact) mass is 310 g/mol. The van der Waals surface area contributed by atoms with Crippen molar-refractivity contribution in [2.45, 2.75) is 40.0 Å². The Morgan fingerprint density at radius 2 is 2.05 bits per heavy atom. The zero-order valence-corrected chi connectivity index (χ0v) is 13.7. The minimum absolute atomic E-state index is 0.196. The summed E-state index contributed by atoms with van der Waals surface area (Å²) in [6, 6.07) is 3.01. The van der Waals surface area contributed by atoms with Crippen molar-refractivity contribution in [3.8, 4) is 0 Å². The third kappa shape index (κ3) is 4.10. The normalized spacial score (nSPS) is 20.2. The number of rotatable bonds is 2. The van der Waals surface area contributed by atoms with Crippen LogP contribution in [0.5, 0.6) is 0 Å². The first-order valence-corrected chi connectivity index (χ1v) is 7.81. The van der Waals surface area contributed by atoms with E-state index < -0.39 is 5.97 Å². The SMILES string of the molecule is CC(C)(C)C1CCCN(c2cc(C(=O)O)cc(Cl)n2)CC1. The molecule has 4 nitrogen and oxygen atoms in total. The Balaban J connectivity index is 2.17. The molecule has 1 unspecified atom stereocenters. The Bertz CT molecular complexity index is 525. The van der Waals surface area contributed by atoms with Crippen molar-refractivity contribution in [2.24, 2.45) is 11.3 Å². The number of carboxylic acids is 1. The second-order valence-electron chi connectivity index (χ2n) is 6.82. The Morgan fingerprint density at radius 3 is 2.67 bits per heavy atom. The fourth-order valence-corrected chi connectivity index (χ4v) is 3.16. The summed E-state index contributed by atoms with van der Waals surface area (Å²) in [7, 11) is 0. The van der Waals surface area contributed by atoms with Crippen LogP contribution in [0.25, 0.3) is 0 Å². The molecule has 116 valence electrons. The van der Waals surface area contributed by atoms with E-state index in [1.54, 1.807) is 6.07 Å². The maximum atomic E-state index is 11.1. The lowest BCUT2D eigenvalue weighted by Gasteiger charge is -2.30. The van der Waals surface area contributed by atoms with Crippen LogP contribution in [0.1, 0.15) is 50.4 Å². The number of hydrogen-bond donors (Lipinski definition) is 1. The smallest absolute Gasteiger partial charge is 0.335 e. The van der Waals surface area contributed by atoms with Crippen LogP contribution < -0.4 is 4.90 Å². The highest BCUT2D eigenvalue weighted by Crippen LogP contribution is 2.35. The Hall–Kier alpha value is -1.29. The molecule has 1 aromatic rings. The average Bonchev–Trinajstić information content (AvgIpc) is 2.63. The molecule has 2 heterocycles. The van der Waals surface area contributed by atoms with Crippen molar-refractivity contribution in [3.63, 3.8) is 0 Å². The van der Waals surface area contributed by atoms with Gasteiger partial charge in [-0.25, -0.2) is 9.78 Å². The third-order valence-corrected chi connectivity index (χ3v) is 4.50. The Labute approximate surface area is 131 Å². The maximum absolute atomic E-state index is 11.1. The van der Waals surface area contributed by atoms with Crippen molar-refractivity contribution in [1.82, 2.24) is 4.98 Å². The van der Waals surface area contributed by atoms with E-state index in [1.807, 2.05) is 0 Å². The van der Waals surface area contributed by atoms with Crippen LogP contribution in [0.3, 0.4) is 0 Å². The van der Waals surface area contributed by atoms with Gasteiger partial charge in [0.05, 0.1) is 5.56 Å². The van der Waals surface area contributed by atoms with E-state index in [1.165, 1.54) is 12.5 Å². The van der Waals surface area contributed by atoms with Crippen molar-refractivity contribution in [1.29, 1.82) is 0 Å². The molecule has 2 rings (SSSR count). The topological polar surface area (TPSA) is 53.4 Å². The summed E-state index contributed by atoms with van der Waals surface area (Å²) in [5.74, 6) is 0.387. The number of nitrogens with zero attached hydrogens (tertiary/aromatic N) is 2. The number of halogens is 1. The second kappa shape index (κ2) is 6.22. The molecule has 0 bridgehead atoms. The van der Waals surface area contributed by atoms with Gasteiger partial charge in [0.25, 0.3) is 0 Å². The van der Waals surface area contributed by atoms with Crippen LogP contribution in [0, 0.1) is 11.3 Å². The van der Waals surface area contributed by atoms with Gasteiger partial charge in [0, 0.05) is 13.1 Å². The number of aromatic carboxylic acids is 1. The van der Waals surface area contributed by atoms with Gasteiger partial charge in [-0.2, -0.15) is 0 Å². The molecule has 5 heteroatoms. The molecule has 0 spiro atoms. The van der Waals surface area contributed by atoms with Crippen LogP contribution in [-0.2, 0) is 0 Å². The highest BCUT2D eigenvalue weighted by Gasteiger charge is 2.27. The summed E-state index contributed by atoms with van der Waals surface area (Å²) in [6.07, 6.45) is 3.39. The summed E-state index contributed by atoms with van der Waals surface area (Å²) >= 11 is 5.95. The van der Waals surface area contributed by atoms with Gasteiger partial charge in [-0.05, 0) is 42.7 Å². The van der Waals surface area contributed by atoms with Crippen molar-refractivity contribution in [2.75, 3.05) is 18.0 Å². The molecule has 1 aliphatic heterocycles. The number of carbonyl (C=O) groups is 1. The largest absolute Gasteiger partial charge is 0.478 e. The lowest BCUT2D eigenvalue weighted by atomic mass is 9.77. The van der Waals surface area contributed by atoms with E-state index in [9.17, 15) is 4.79 Å². The van der Waals surface area contributed by atoms with Gasteiger partial charge in [0.2, 0.25) is 0 Å². The van der Waals surface area contributed by atoms with E-state index >= 15 is 0 Å². The molecule has 1 aliphatic rings. The van der Waals surface area contributed by atoms with Crippen LogP contribution in [0.15, 0.2) is 12.1 Å². The van der Waals surface area contributed by atoms with Gasteiger partial charge < -0.3 is 10.0 Å². The second-order valence-corrected chi connectivity index (χ2v) is 7.21. The van der Waals surface area contributed by atoms with Gasteiger partial charge in [0.1, 0.15) is 11.0 Å². The highest BCUT2D eigenvalue weighted by atomic mass is 35.5. The number of pyridine rings is 1. The fraction of sp³-hybridized carbons (Fsp3) is 0.625. The lowest BCUT2D eigenvalue weighted by Crippen LogP contribution is -2.27. The molecule has 0 aromatic carbocycles. The molecule has 1 saturated heterocycles. The van der Waals surface area contributed by atoms with Crippen molar-refractivity contribution in [3.05, 3.63) is 22.8 Å². The number of carboxylic acid groups (broad SMARTS) is 1. The van der Waals surface area contributed by atoms with Crippen LogP contribution in [0.2, 0.25) is 5.15 Å². The van der Waals surface area contributed by atoms with E-state index in [-0.39, 0.29) is 10.7 Å². The highest BCUT2D eigenvalue weighted by molar-refractivity contribution is 6.29. The molecule has 0 aliphatic carbocycles. The molecule has 1 N–H and O–H groups in total. The van der Waals surface area contributed by atoms with E-state index in [4.69, 9.17) is 16.7 Å². The zero-order chi connectivity index (χ0) is 15.6. The predicted molar refractivity (Wildman–Crippen MR) is 85.2 cm³/mol. The molecular weight excluding hydrogens is 288 g/mol. The van der Waals surface area contributed by atoms with Gasteiger partial charge in [-0.3, -0.25) is 0 Å². The summed E-state index contributed by atoms with van der Waals surface area (Å²) in [5, 5.41) is 9.37. The molecule has 0 radical (unpaired) electrons. The van der Waals surface area contributed by atoms with E-state index in [0.29, 0.717) is 17.2 Å². The van der Waals surface area contributed by atoms with Gasteiger partial charge in [0.15, 0.2) is 0 Å². The van der Waals surface area contributed by atoms with Gasteiger partial charge >= 0.3 is 5.97 Å². The number of hydrogen-bond acceptors (Lipinski definition) is 3. The molecule has 1 aromatic heterocycles.